The van der Waals surface area contributed by atoms with Gasteiger partial charge in [0.25, 0.3) is 0 Å². The molecule has 1 radical (unpaired) electrons. The van der Waals surface area contributed by atoms with E-state index in [0.717, 1.165) is 0 Å². The van der Waals surface area contributed by atoms with Crippen LogP contribution in [0.2, 0.25) is 19.6 Å². The van der Waals surface area contributed by atoms with Crippen LogP contribution in [0.15, 0.2) is 0 Å². The van der Waals surface area contributed by atoms with Gasteiger partial charge in [-0.25, -0.2) is 0 Å². The summed E-state index contributed by atoms with van der Waals surface area (Å²) >= 11 is 0. The molecule has 0 heterocycles. The maximum absolute atomic E-state index is 2.27. The van der Waals surface area contributed by atoms with Crippen LogP contribution in [-0.2, 0) is 0 Å². The molecule has 0 fully saturated rings. The summed E-state index contributed by atoms with van der Waals surface area (Å²) in [5.41, 5.74) is 0. The molecule has 0 bridgehead atoms. The molecule has 5 heavy (non-hydrogen) atoms. The van der Waals surface area contributed by atoms with E-state index >= 15 is 0 Å². The van der Waals surface area contributed by atoms with Gasteiger partial charge in [0, 0.05) is 8.80 Å². The first-order chi connectivity index (χ1) is 1.73. The maximum atomic E-state index is 2.27. The fraction of sp³-hybridized carbons (Fsp3) is 1.00. The fourth-order valence-corrected chi connectivity index (χ4v) is 0. The molecule has 0 unspecified atom stereocenters. The van der Waals surface area contributed by atoms with Crippen LogP contribution in [0.4, 0.5) is 0 Å². The molecule has 0 nitrogen and oxygen atoms in total. The zero-order valence-electron chi connectivity index (χ0n) is 5.50. The SMILES string of the molecule is C[Si](C)C.[H-].[K+]. The largest absolute Gasteiger partial charge is 1.00 e. The molecule has 2 heteroatoms. The molecule has 0 atom stereocenters. The van der Waals surface area contributed by atoms with E-state index in [2.05, 4.69) is 19.6 Å². The number of hydrogen-bond acceptors (Lipinski definition) is 0. The molecule has 27 valence electrons. The summed E-state index contributed by atoms with van der Waals surface area (Å²) in [6.07, 6.45) is 0. The Bertz CT molecular complexity index is 15.5. The molecular weight excluding hydrogens is 103 g/mol. The summed E-state index contributed by atoms with van der Waals surface area (Å²) in [6.45, 7) is 6.81. The van der Waals surface area contributed by atoms with Crippen molar-refractivity contribution >= 4 is 8.80 Å². The smallest absolute Gasteiger partial charge is 1.00 e. The summed E-state index contributed by atoms with van der Waals surface area (Å²) in [6, 6.07) is 0. The van der Waals surface area contributed by atoms with Crippen molar-refractivity contribution < 1.29 is 52.8 Å². The van der Waals surface area contributed by atoms with E-state index < -0.39 is 0 Å². The number of hydrogen-bond donors (Lipinski definition) is 0. The molecule has 0 aromatic heterocycles. The normalized spacial score (nSPS) is 7.20. The first-order valence-electron chi connectivity index (χ1n) is 1.50. The van der Waals surface area contributed by atoms with E-state index in [-0.39, 0.29) is 61.6 Å². The second kappa shape index (κ2) is 5.85. The Morgan fingerprint density at radius 2 is 1.20 bits per heavy atom. The first-order valence-corrected chi connectivity index (χ1v) is 4.50. The van der Waals surface area contributed by atoms with Crippen LogP contribution < -0.4 is 51.4 Å². The van der Waals surface area contributed by atoms with Crippen molar-refractivity contribution in [2.24, 2.45) is 0 Å². The fourth-order valence-electron chi connectivity index (χ4n) is 0. The molecule has 0 aliphatic heterocycles. The van der Waals surface area contributed by atoms with E-state index in [1.165, 1.54) is 0 Å². The van der Waals surface area contributed by atoms with Crippen LogP contribution in [0.25, 0.3) is 0 Å². The van der Waals surface area contributed by atoms with Crippen molar-refractivity contribution in [3.8, 4) is 0 Å². The Labute approximate surface area is 79.9 Å². The zero-order chi connectivity index (χ0) is 3.58. The van der Waals surface area contributed by atoms with Crippen molar-refractivity contribution in [2.75, 3.05) is 0 Å². The van der Waals surface area contributed by atoms with Gasteiger partial charge in [-0.05, 0) is 0 Å². The molecule has 0 spiro atoms. The van der Waals surface area contributed by atoms with Crippen molar-refractivity contribution in [3.05, 3.63) is 0 Å². The third-order valence-electron chi connectivity index (χ3n) is 0. The summed E-state index contributed by atoms with van der Waals surface area (Å²) in [4.78, 5) is 0. The van der Waals surface area contributed by atoms with Gasteiger partial charge in [0.15, 0.2) is 0 Å². The molecule has 0 aromatic carbocycles. The minimum atomic E-state index is 0. The molecular formula is C3H10KSi. The minimum absolute atomic E-state index is 0. The molecule has 0 N–H and O–H groups in total. The van der Waals surface area contributed by atoms with Crippen molar-refractivity contribution in [3.63, 3.8) is 0 Å². The van der Waals surface area contributed by atoms with Gasteiger partial charge in [-0.15, -0.1) is 0 Å². The van der Waals surface area contributed by atoms with Gasteiger partial charge >= 0.3 is 51.4 Å². The average molecular weight is 113 g/mol. The predicted molar refractivity (Wildman–Crippen MR) is 24.5 cm³/mol. The van der Waals surface area contributed by atoms with E-state index in [0.29, 0.717) is 0 Å². The molecule has 0 rings (SSSR count). The van der Waals surface area contributed by atoms with Crippen LogP contribution in [0, 0.1) is 0 Å². The topological polar surface area (TPSA) is 0 Å². The maximum Gasteiger partial charge on any atom is 1.00 e. The summed E-state index contributed by atoms with van der Waals surface area (Å²) in [5.74, 6) is 0. The van der Waals surface area contributed by atoms with E-state index in [4.69, 9.17) is 0 Å². The van der Waals surface area contributed by atoms with E-state index in [1.54, 1.807) is 0 Å². The second-order valence-corrected chi connectivity index (χ2v) is 4.50. The van der Waals surface area contributed by atoms with Gasteiger partial charge in [-0.3, -0.25) is 0 Å². The van der Waals surface area contributed by atoms with Crippen molar-refractivity contribution in [2.45, 2.75) is 19.6 Å². The van der Waals surface area contributed by atoms with Crippen LogP contribution in [-0.4, -0.2) is 8.80 Å². The van der Waals surface area contributed by atoms with Crippen LogP contribution in [0.3, 0.4) is 0 Å². The van der Waals surface area contributed by atoms with Gasteiger partial charge in [0.2, 0.25) is 0 Å². The van der Waals surface area contributed by atoms with Crippen LogP contribution >= 0.6 is 0 Å². The van der Waals surface area contributed by atoms with Gasteiger partial charge in [-0.1, -0.05) is 19.6 Å². The Morgan fingerprint density at radius 3 is 1.20 bits per heavy atom. The van der Waals surface area contributed by atoms with Gasteiger partial charge < -0.3 is 1.43 Å². The molecule has 0 amide bonds. The summed E-state index contributed by atoms with van der Waals surface area (Å²) in [5, 5.41) is 0. The van der Waals surface area contributed by atoms with Gasteiger partial charge in [-0.2, -0.15) is 0 Å². The Morgan fingerprint density at radius 1 is 1.20 bits per heavy atom. The average Bonchev–Trinajstić information content (AvgIpc) is 0.811. The summed E-state index contributed by atoms with van der Waals surface area (Å²) < 4.78 is 0. The molecule has 0 aliphatic carbocycles. The van der Waals surface area contributed by atoms with Crippen molar-refractivity contribution in [1.29, 1.82) is 0 Å². The Hall–Kier alpha value is 1.85. The quantitative estimate of drug-likeness (QED) is 0.335. The first kappa shape index (κ1) is 9.97. The second-order valence-electron chi connectivity index (χ2n) is 1.50. The standard InChI is InChI=1S/C3H9Si.K.H/c1-4(2)3;;/h1-3H3;;/q;+1;-1. The molecule has 0 aliphatic rings. The Balaban J connectivity index is -0.0000000450. The molecule has 0 saturated heterocycles. The predicted octanol–water partition coefficient (Wildman–Crippen LogP) is -1.51. The summed E-state index contributed by atoms with van der Waals surface area (Å²) in [7, 11) is 0.120. The molecule has 0 saturated carbocycles. The van der Waals surface area contributed by atoms with E-state index in [9.17, 15) is 0 Å². The Kier molecular flexibility index (Phi) is 11.7. The third-order valence-corrected chi connectivity index (χ3v) is 0. The van der Waals surface area contributed by atoms with Gasteiger partial charge in [0.1, 0.15) is 0 Å². The minimum Gasteiger partial charge on any atom is -1.00 e. The van der Waals surface area contributed by atoms with Crippen LogP contribution in [0.1, 0.15) is 1.43 Å². The monoisotopic (exact) mass is 113 g/mol. The third kappa shape index (κ3) is 25.3. The zero-order valence-corrected chi connectivity index (χ0v) is 8.62. The van der Waals surface area contributed by atoms with Crippen LogP contribution in [0.5, 0.6) is 0 Å². The molecule has 0 aromatic rings. The van der Waals surface area contributed by atoms with E-state index in [1.807, 2.05) is 0 Å². The van der Waals surface area contributed by atoms with Gasteiger partial charge in [0.05, 0.1) is 0 Å². The van der Waals surface area contributed by atoms with Crippen molar-refractivity contribution in [1.82, 2.24) is 0 Å². The number of rotatable bonds is 0.